The Bertz CT molecular complexity index is 321. The van der Waals surface area contributed by atoms with E-state index < -0.39 is 42.2 Å². The minimum Gasteiger partial charge on any atom is -0.347 e. The zero-order valence-electron chi connectivity index (χ0n) is 9.62. The van der Waals surface area contributed by atoms with Crippen molar-refractivity contribution in [2.45, 2.75) is 25.2 Å². The van der Waals surface area contributed by atoms with Crippen LogP contribution >= 0.6 is 0 Å². The van der Waals surface area contributed by atoms with Gasteiger partial charge < -0.3 is 19.3 Å². The van der Waals surface area contributed by atoms with E-state index in [9.17, 15) is 35.9 Å². The zero-order valence-corrected chi connectivity index (χ0v) is 15.5. The number of halogens is 6. The number of ketones is 2. The molecule has 0 amide bonds. The minimum atomic E-state index is -5.11. The normalized spacial score (nSPS) is 23.3. The maximum atomic E-state index is 12.1. The van der Waals surface area contributed by atoms with Crippen molar-refractivity contribution in [3.8, 4) is 0 Å². The first kappa shape index (κ1) is 22.6. The SMILES string of the molecule is O=C(C1[CH-]C[CH-]C(C(=O)C(F)(F)F)C1)C(F)(F)F.[W].[W]. The summed E-state index contributed by atoms with van der Waals surface area (Å²) in [5.74, 6) is -7.61. The molecule has 2 unspecified atom stereocenters. The van der Waals surface area contributed by atoms with Gasteiger partial charge in [-0.2, -0.15) is 26.3 Å². The molecule has 0 aromatic carbocycles. The largest absolute Gasteiger partial charge is 0.447 e. The second-order valence-corrected chi connectivity index (χ2v) is 3.88. The number of carbonyl (C=O) groups is 2. The first-order chi connectivity index (χ1) is 8.03. The second-order valence-electron chi connectivity index (χ2n) is 3.88. The first-order valence-corrected chi connectivity index (χ1v) is 4.92. The second kappa shape index (κ2) is 8.07. The Morgan fingerprint density at radius 1 is 0.800 bits per heavy atom. The summed E-state index contributed by atoms with van der Waals surface area (Å²) in [6, 6.07) is 0. The maximum Gasteiger partial charge on any atom is 0.447 e. The van der Waals surface area contributed by atoms with E-state index >= 15 is 0 Å². The van der Waals surface area contributed by atoms with E-state index in [0.717, 1.165) is 12.8 Å². The van der Waals surface area contributed by atoms with Gasteiger partial charge in [-0.1, -0.05) is 6.42 Å². The summed E-state index contributed by atoms with van der Waals surface area (Å²) in [5, 5.41) is 0. The maximum absolute atomic E-state index is 12.1. The molecule has 1 aliphatic rings. The monoisotopic (exact) mass is 642 g/mol. The summed E-state index contributed by atoms with van der Waals surface area (Å²) >= 11 is 0. The van der Waals surface area contributed by atoms with Gasteiger partial charge in [0.1, 0.15) is 0 Å². The molecule has 0 aromatic heterocycles. The number of rotatable bonds is 2. The van der Waals surface area contributed by atoms with E-state index in [-0.39, 0.29) is 48.6 Å². The Hall–Kier alpha value is 0.297. The number of carbonyl (C=O) groups excluding carboxylic acids is 2. The molecule has 1 saturated carbocycles. The summed E-state index contributed by atoms with van der Waals surface area (Å²) in [4.78, 5) is 21.7. The number of hydrogen-bond donors (Lipinski definition) is 0. The summed E-state index contributed by atoms with van der Waals surface area (Å²) in [6.45, 7) is 0. The Labute approximate surface area is 139 Å². The Morgan fingerprint density at radius 2 is 1.10 bits per heavy atom. The molecule has 0 spiro atoms. The Kier molecular flexibility index (Phi) is 9.11. The molecular formula is C10H8F6O2W2-2. The van der Waals surface area contributed by atoms with E-state index in [0.29, 0.717) is 0 Å². The molecule has 20 heavy (non-hydrogen) atoms. The topological polar surface area (TPSA) is 34.1 Å². The van der Waals surface area contributed by atoms with Crippen molar-refractivity contribution in [1.29, 1.82) is 0 Å². The average molecular weight is 642 g/mol. The van der Waals surface area contributed by atoms with Crippen molar-refractivity contribution in [3.05, 3.63) is 12.8 Å². The van der Waals surface area contributed by atoms with Crippen LogP contribution in [0, 0.1) is 24.7 Å². The molecule has 0 bridgehead atoms. The number of alkyl halides is 6. The van der Waals surface area contributed by atoms with Gasteiger partial charge in [0.25, 0.3) is 0 Å². The van der Waals surface area contributed by atoms with Crippen LogP contribution in [-0.4, -0.2) is 23.9 Å². The van der Waals surface area contributed by atoms with Gasteiger partial charge in [-0.25, -0.2) is 0 Å². The van der Waals surface area contributed by atoms with Crippen LogP contribution in [0.2, 0.25) is 0 Å². The molecule has 0 radical (unpaired) electrons. The van der Waals surface area contributed by atoms with Crippen molar-refractivity contribution >= 4 is 11.6 Å². The van der Waals surface area contributed by atoms with E-state index in [2.05, 4.69) is 0 Å². The molecule has 116 valence electrons. The van der Waals surface area contributed by atoms with Crippen LogP contribution in [0.15, 0.2) is 0 Å². The third-order valence-corrected chi connectivity index (χ3v) is 2.58. The van der Waals surface area contributed by atoms with E-state index in [1.165, 1.54) is 0 Å². The molecule has 1 rings (SSSR count). The van der Waals surface area contributed by atoms with Gasteiger partial charge in [0, 0.05) is 42.1 Å². The van der Waals surface area contributed by atoms with Gasteiger partial charge in [0.15, 0.2) is 0 Å². The van der Waals surface area contributed by atoms with Crippen molar-refractivity contribution in [3.63, 3.8) is 0 Å². The molecular weight excluding hydrogens is 634 g/mol. The van der Waals surface area contributed by atoms with Crippen molar-refractivity contribution in [2.75, 3.05) is 0 Å². The molecule has 0 aromatic rings. The summed E-state index contributed by atoms with van der Waals surface area (Å²) in [5.41, 5.74) is 0. The van der Waals surface area contributed by atoms with Crippen LogP contribution in [0.3, 0.4) is 0 Å². The molecule has 10 heteroatoms. The van der Waals surface area contributed by atoms with Gasteiger partial charge in [0.2, 0.25) is 11.6 Å². The number of hydrogen-bond acceptors (Lipinski definition) is 2. The predicted octanol–water partition coefficient (Wildman–Crippen LogP) is 2.68. The van der Waals surface area contributed by atoms with Gasteiger partial charge in [-0.3, -0.25) is 9.59 Å². The van der Waals surface area contributed by atoms with Gasteiger partial charge >= 0.3 is 12.4 Å². The van der Waals surface area contributed by atoms with Crippen LogP contribution in [0.4, 0.5) is 26.3 Å². The van der Waals surface area contributed by atoms with E-state index in [4.69, 9.17) is 0 Å². The molecule has 2 nitrogen and oxygen atoms in total. The third kappa shape index (κ3) is 5.96. The van der Waals surface area contributed by atoms with Crippen molar-refractivity contribution in [1.82, 2.24) is 0 Å². The van der Waals surface area contributed by atoms with Crippen molar-refractivity contribution < 1.29 is 78.1 Å². The quantitative estimate of drug-likeness (QED) is 0.344. The zero-order chi connectivity index (χ0) is 14.1. The smallest absolute Gasteiger partial charge is 0.347 e. The molecule has 1 aliphatic carbocycles. The molecule has 0 aliphatic heterocycles. The van der Waals surface area contributed by atoms with Crippen LogP contribution in [0.25, 0.3) is 0 Å². The fourth-order valence-corrected chi connectivity index (χ4v) is 1.72. The van der Waals surface area contributed by atoms with Crippen molar-refractivity contribution in [2.24, 2.45) is 11.8 Å². The Balaban J connectivity index is 0. The molecule has 1 fully saturated rings. The van der Waals surface area contributed by atoms with Crippen LogP contribution in [0.1, 0.15) is 12.8 Å². The first-order valence-electron chi connectivity index (χ1n) is 4.92. The van der Waals surface area contributed by atoms with Gasteiger partial charge in [-0.05, 0) is 0 Å². The van der Waals surface area contributed by atoms with E-state index in [1.54, 1.807) is 0 Å². The van der Waals surface area contributed by atoms with Crippen LogP contribution in [-0.2, 0) is 51.7 Å². The fraction of sp³-hybridized carbons (Fsp3) is 0.600. The minimum absolute atomic E-state index is 0. The fourth-order valence-electron chi connectivity index (χ4n) is 1.72. The standard InChI is InChI=1S/C10H8F6O2.2W/c11-9(12,13)7(17)5-2-1-3-6(4-5)8(18)10(14,15)16;;/h2-3,5-6H,1,4H2;;/q-2;;. The molecule has 2 atom stereocenters. The molecule has 0 saturated heterocycles. The van der Waals surface area contributed by atoms with Crippen LogP contribution < -0.4 is 0 Å². The Morgan fingerprint density at radius 3 is 1.35 bits per heavy atom. The average Bonchev–Trinajstić information content (AvgIpc) is 2.24. The van der Waals surface area contributed by atoms with Gasteiger partial charge in [0.05, 0.1) is 0 Å². The summed E-state index contributed by atoms with van der Waals surface area (Å²) in [6.07, 6.45) is -9.30. The molecule has 0 N–H and O–H groups in total. The van der Waals surface area contributed by atoms with Crippen LogP contribution in [0.5, 0.6) is 0 Å². The molecule has 0 heterocycles. The van der Waals surface area contributed by atoms with E-state index in [1.807, 2.05) is 0 Å². The third-order valence-electron chi connectivity index (χ3n) is 2.58. The van der Waals surface area contributed by atoms with Gasteiger partial charge in [-0.15, -0.1) is 11.8 Å². The summed E-state index contributed by atoms with van der Waals surface area (Å²) < 4.78 is 72.7. The predicted molar refractivity (Wildman–Crippen MR) is 46.9 cm³/mol. The number of Topliss-reactive ketones (excluding diaryl/α,β-unsaturated/α-hetero) is 2. The summed E-state index contributed by atoms with van der Waals surface area (Å²) in [7, 11) is 0.